The first-order valence-electron chi connectivity index (χ1n) is 4.75. The van der Waals surface area contributed by atoms with Gasteiger partial charge in [0.1, 0.15) is 5.69 Å². The minimum atomic E-state index is 0.587. The second-order valence-electron chi connectivity index (χ2n) is 3.47. The number of nitrogens with one attached hydrogen (secondary N) is 2. The Balaban J connectivity index is 2.11. The number of hydrogen-bond acceptors (Lipinski definition) is 4. The van der Waals surface area contributed by atoms with Crippen LogP contribution in [0, 0.1) is 0 Å². The summed E-state index contributed by atoms with van der Waals surface area (Å²) < 4.78 is 0. The second-order valence-corrected chi connectivity index (χ2v) is 3.47. The fourth-order valence-electron chi connectivity index (χ4n) is 1.93. The number of rotatable bonds is 1. The van der Waals surface area contributed by atoms with Crippen LogP contribution in [0.2, 0.25) is 0 Å². The third kappa shape index (κ3) is 1.03. The van der Waals surface area contributed by atoms with Crippen molar-refractivity contribution in [2.24, 2.45) is 0 Å². The van der Waals surface area contributed by atoms with Crippen molar-refractivity contribution < 1.29 is 0 Å². The van der Waals surface area contributed by atoms with Gasteiger partial charge in [-0.15, -0.1) is 10.2 Å². The Morgan fingerprint density at radius 1 is 1.07 bits per heavy atom. The Kier molecular flexibility index (Phi) is 1.59. The molecular weight excluding hydrogens is 180 g/mol. The minimum absolute atomic E-state index is 0.587. The molecule has 0 radical (unpaired) electrons. The van der Waals surface area contributed by atoms with Gasteiger partial charge in [-0.25, -0.2) is 0 Å². The highest BCUT2D eigenvalue weighted by atomic mass is 15.5. The fourth-order valence-corrected chi connectivity index (χ4v) is 1.93. The lowest BCUT2D eigenvalue weighted by Crippen LogP contribution is -2.01. The van der Waals surface area contributed by atoms with Gasteiger partial charge in [0.25, 0.3) is 0 Å². The Bertz CT molecular complexity index is 429. The van der Waals surface area contributed by atoms with Gasteiger partial charge in [-0.2, -0.15) is 10.3 Å². The summed E-state index contributed by atoms with van der Waals surface area (Å²) in [4.78, 5) is 0. The van der Waals surface area contributed by atoms with Crippen molar-refractivity contribution >= 4 is 0 Å². The third-order valence-electron chi connectivity index (χ3n) is 2.61. The summed E-state index contributed by atoms with van der Waals surface area (Å²) in [5, 5.41) is 21.1. The summed E-state index contributed by atoms with van der Waals surface area (Å²) in [6, 6.07) is 0. The van der Waals surface area contributed by atoms with Crippen LogP contribution in [-0.2, 0) is 12.8 Å². The van der Waals surface area contributed by atoms with E-state index in [1.54, 1.807) is 0 Å². The Hall–Kier alpha value is -1.72. The zero-order valence-corrected chi connectivity index (χ0v) is 7.62. The first kappa shape index (κ1) is 7.66. The van der Waals surface area contributed by atoms with Gasteiger partial charge in [0.2, 0.25) is 5.82 Å². The normalized spacial score (nSPS) is 15.4. The molecule has 0 saturated heterocycles. The van der Waals surface area contributed by atoms with Crippen LogP contribution in [-0.4, -0.2) is 30.8 Å². The molecule has 14 heavy (non-hydrogen) atoms. The summed E-state index contributed by atoms with van der Waals surface area (Å²) >= 11 is 0. The number of H-pyrrole nitrogens is 2. The van der Waals surface area contributed by atoms with E-state index in [4.69, 9.17) is 0 Å². The summed E-state index contributed by atoms with van der Waals surface area (Å²) in [6.07, 6.45) is 4.61. The predicted molar refractivity (Wildman–Crippen MR) is 48.4 cm³/mol. The van der Waals surface area contributed by atoms with E-state index in [9.17, 15) is 0 Å². The van der Waals surface area contributed by atoms with E-state index in [-0.39, 0.29) is 0 Å². The van der Waals surface area contributed by atoms with Gasteiger partial charge >= 0.3 is 0 Å². The van der Waals surface area contributed by atoms with Crippen molar-refractivity contribution in [3.05, 3.63) is 11.3 Å². The second kappa shape index (κ2) is 2.90. The van der Waals surface area contributed by atoms with Gasteiger partial charge in [0, 0.05) is 11.3 Å². The van der Waals surface area contributed by atoms with E-state index in [2.05, 4.69) is 30.8 Å². The molecule has 6 heteroatoms. The molecule has 72 valence electrons. The lowest BCUT2D eigenvalue weighted by Gasteiger charge is -2.09. The molecule has 2 N–H and O–H groups in total. The summed E-state index contributed by atoms with van der Waals surface area (Å²) in [5.74, 6) is 0.587. The third-order valence-corrected chi connectivity index (χ3v) is 2.61. The molecule has 0 amide bonds. The molecular formula is C8H10N6. The van der Waals surface area contributed by atoms with Crippen LogP contribution < -0.4 is 0 Å². The summed E-state index contributed by atoms with van der Waals surface area (Å²) in [5.41, 5.74) is 3.35. The zero-order chi connectivity index (χ0) is 9.38. The molecule has 1 aliphatic rings. The van der Waals surface area contributed by atoms with Gasteiger partial charge in [-0.05, 0) is 30.9 Å². The van der Waals surface area contributed by atoms with E-state index >= 15 is 0 Å². The van der Waals surface area contributed by atoms with Gasteiger partial charge in [0.05, 0.1) is 0 Å². The maximum absolute atomic E-state index is 4.23. The van der Waals surface area contributed by atoms with Crippen LogP contribution in [0.25, 0.3) is 11.5 Å². The maximum Gasteiger partial charge on any atom is 0.225 e. The molecule has 3 rings (SSSR count). The molecule has 0 aliphatic heterocycles. The summed E-state index contributed by atoms with van der Waals surface area (Å²) in [7, 11) is 0. The number of aromatic nitrogens is 6. The van der Waals surface area contributed by atoms with Crippen molar-refractivity contribution in [1.29, 1.82) is 0 Å². The largest absolute Gasteiger partial charge is 0.282 e. The zero-order valence-electron chi connectivity index (χ0n) is 7.62. The molecule has 0 atom stereocenters. The monoisotopic (exact) mass is 190 g/mol. The first-order valence-corrected chi connectivity index (χ1v) is 4.75. The molecule has 2 aromatic heterocycles. The van der Waals surface area contributed by atoms with Crippen LogP contribution in [0.3, 0.4) is 0 Å². The van der Waals surface area contributed by atoms with Crippen molar-refractivity contribution in [1.82, 2.24) is 30.8 Å². The van der Waals surface area contributed by atoms with Crippen LogP contribution in [0.5, 0.6) is 0 Å². The van der Waals surface area contributed by atoms with Crippen molar-refractivity contribution in [2.75, 3.05) is 0 Å². The van der Waals surface area contributed by atoms with Crippen molar-refractivity contribution in [3.63, 3.8) is 0 Å². The average molecular weight is 190 g/mol. The quantitative estimate of drug-likeness (QED) is 0.684. The Morgan fingerprint density at radius 2 is 2.00 bits per heavy atom. The lowest BCUT2D eigenvalue weighted by molar-refractivity contribution is 0.675. The van der Waals surface area contributed by atoms with Crippen molar-refractivity contribution in [3.8, 4) is 11.5 Å². The van der Waals surface area contributed by atoms with Gasteiger partial charge < -0.3 is 0 Å². The van der Waals surface area contributed by atoms with E-state index < -0.39 is 0 Å². The van der Waals surface area contributed by atoms with E-state index in [1.165, 1.54) is 24.1 Å². The highest BCUT2D eigenvalue weighted by Crippen LogP contribution is 2.26. The van der Waals surface area contributed by atoms with Crippen LogP contribution in [0.1, 0.15) is 24.1 Å². The lowest BCUT2D eigenvalue weighted by atomic mass is 9.96. The molecule has 0 saturated carbocycles. The number of tetrazole rings is 1. The standard InChI is InChI=1S/C8H10N6/c1-2-4-6-5(3-1)7(10-9-6)8-11-13-14-12-8/h1-4H2,(H,9,10)(H,11,12,13,14). The highest BCUT2D eigenvalue weighted by molar-refractivity contribution is 5.55. The number of hydrogen-bond donors (Lipinski definition) is 2. The SMILES string of the molecule is C1CCc2c(-c3nn[nH]n3)n[nH]c2C1. The van der Waals surface area contributed by atoms with Gasteiger partial charge in [-0.3, -0.25) is 5.10 Å². The maximum atomic E-state index is 4.23. The van der Waals surface area contributed by atoms with Crippen LogP contribution >= 0.6 is 0 Å². The van der Waals surface area contributed by atoms with Gasteiger partial charge in [0.15, 0.2) is 0 Å². The molecule has 0 bridgehead atoms. The Labute approximate surface area is 80.1 Å². The van der Waals surface area contributed by atoms with Crippen LogP contribution in [0.15, 0.2) is 0 Å². The van der Waals surface area contributed by atoms with E-state index in [1.807, 2.05) is 0 Å². The van der Waals surface area contributed by atoms with Crippen molar-refractivity contribution in [2.45, 2.75) is 25.7 Å². The average Bonchev–Trinajstić information content (AvgIpc) is 2.85. The number of aryl methyl sites for hydroxylation is 1. The van der Waals surface area contributed by atoms with Gasteiger partial charge in [-0.1, -0.05) is 0 Å². The molecule has 0 fully saturated rings. The molecule has 1 aliphatic carbocycles. The molecule has 0 aromatic carbocycles. The number of fused-ring (bicyclic) bond motifs is 1. The Morgan fingerprint density at radius 3 is 2.86 bits per heavy atom. The van der Waals surface area contributed by atoms with Crippen LogP contribution in [0.4, 0.5) is 0 Å². The number of aromatic amines is 2. The molecule has 2 heterocycles. The topological polar surface area (TPSA) is 83.1 Å². The molecule has 6 nitrogen and oxygen atoms in total. The predicted octanol–water partition coefficient (Wildman–Crippen LogP) is 0.469. The molecule has 2 aromatic rings. The minimum Gasteiger partial charge on any atom is -0.282 e. The smallest absolute Gasteiger partial charge is 0.225 e. The fraction of sp³-hybridized carbons (Fsp3) is 0.500. The van der Waals surface area contributed by atoms with E-state index in [0.717, 1.165) is 18.5 Å². The van der Waals surface area contributed by atoms with E-state index in [0.29, 0.717) is 5.82 Å². The highest BCUT2D eigenvalue weighted by Gasteiger charge is 2.19. The molecule has 0 spiro atoms. The number of nitrogens with zero attached hydrogens (tertiary/aromatic N) is 4. The summed E-state index contributed by atoms with van der Waals surface area (Å²) in [6.45, 7) is 0. The first-order chi connectivity index (χ1) is 6.95. The molecule has 0 unspecified atom stereocenters.